The van der Waals surface area contributed by atoms with Gasteiger partial charge in [-0.15, -0.1) is 0 Å². The Hall–Kier alpha value is -2.29. The largest absolute Gasteiger partial charge is 0.504 e. The number of amides is 1. The maximum atomic E-state index is 11.8. The fourth-order valence-corrected chi connectivity index (χ4v) is 2.68. The van der Waals surface area contributed by atoms with E-state index in [9.17, 15) is 9.90 Å². The van der Waals surface area contributed by atoms with Crippen molar-refractivity contribution in [3.05, 3.63) is 50.6 Å². The third-order valence-corrected chi connectivity index (χ3v) is 4.41. The number of carbonyl (C=O) groups is 1. The van der Waals surface area contributed by atoms with Gasteiger partial charge >= 0.3 is 0 Å². The lowest BCUT2D eigenvalue weighted by molar-refractivity contribution is -0.123. The first-order valence-corrected chi connectivity index (χ1v) is 8.57. The molecule has 2 aromatic rings. The minimum atomic E-state index is -0.363. The van der Waals surface area contributed by atoms with Gasteiger partial charge in [0.1, 0.15) is 5.75 Å². The summed E-state index contributed by atoms with van der Waals surface area (Å²) < 4.78 is 11.2. The number of halogens is 1. The van der Waals surface area contributed by atoms with Crippen LogP contribution in [0.2, 0.25) is 0 Å². The SMILES string of the molecule is COc1cc(/C=N\NC(=O)COc2cccc(C)c2C)cc(I)c1O. The molecule has 0 bridgehead atoms. The van der Waals surface area contributed by atoms with E-state index < -0.39 is 0 Å². The Morgan fingerprint density at radius 1 is 1.32 bits per heavy atom. The van der Waals surface area contributed by atoms with Crippen LogP contribution in [0.1, 0.15) is 16.7 Å². The Morgan fingerprint density at radius 3 is 2.80 bits per heavy atom. The maximum absolute atomic E-state index is 11.8. The van der Waals surface area contributed by atoms with E-state index in [0.29, 0.717) is 20.6 Å². The van der Waals surface area contributed by atoms with Crippen molar-refractivity contribution in [3.8, 4) is 17.2 Å². The Kier molecular flexibility index (Phi) is 6.63. The molecule has 0 aromatic heterocycles. The van der Waals surface area contributed by atoms with Crippen LogP contribution < -0.4 is 14.9 Å². The zero-order chi connectivity index (χ0) is 18.4. The van der Waals surface area contributed by atoms with Gasteiger partial charge in [-0.2, -0.15) is 5.10 Å². The summed E-state index contributed by atoms with van der Waals surface area (Å²) in [6, 6.07) is 9.04. The second-order valence-electron chi connectivity index (χ2n) is 5.33. The van der Waals surface area contributed by atoms with Gasteiger partial charge in [-0.1, -0.05) is 12.1 Å². The monoisotopic (exact) mass is 454 g/mol. The average Bonchev–Trinajstić information content (AvgIpc) is 2.59. The quantitative estimate of drug-likeness (QED) is 0.400. The summed E-state index contributed by atoms with van der Waals surface area (Å²) >= 11 is 1.99. The van der Waals surface area contributed by atoms with Crippen LogP contribution in [0.5, 0.6) is 17.2 Å². The van der Waals surface area contributed by atoms with Crippen LogP contribution in [-0.2, 0) is 4.79 Å². The van der Waals surface area contributed by atoms with Crippen molar-refractivity contribution in [1.82, 2.24) is 5.43 Å². The Bertz CT molecular complexity index is 806. The van der Waals surface area contributed by atoms with E-state index in [-0.39, 0.29) is 18.3 Å². The molecule has 2 rings (SSSR count). The van der Waals surface area contributed by atoms with Crippen molar-refractivity contribution in [2.24, 2.45) is 5.10 Å². The third kappa shape index (κ3) is 5.09. The molecule has 7 heteroatoms. The number of aromatic hydroxyl groups is 1. The molecule has 132 valence electrons. The molecule has 0 radical (unpaired) electrons. The van der Waals surface area contributed by atoms with Crippen LogP contribution in [-0.4, -0.2) is 30.9 Å². The van der Waals surface area contributed by atoms with Crippen molar-refractivity contribution in [2.75, 3.05) is 13.7 Å². The Morgan fingerprint density at radius 2 is 2.08 bits per heavy atom. The molecule has 0 heterocycles. The summed E-state index contributed by atoms with van der Waals surface area (Å²) in [5, 5.41) is 13.7. The molecule has 1 amide bonds. The zero-order valence-electron chi connectivity index (χ0n) is 14.2. The number of nitrogens with zero attached hydrogens (tertiary/aromatic N) is 1. The number of ether oxygens (including phenoxy) is 2. The van der Waals surface area contributed by atoms with Crippen molar-refractivity contribution < 1.29 is 19.4 Å². The molecule has 0 spiro atoms. The number of benzene rings is 2. The summed E-state index contributed by atoms with van der Waals surface area (Å²) in [6.45, 7) is 3.80. The highest BCUT2D eigenvalue weighted by molar-refractivity contribution is 14.1. The summed E-state index contributed by atoms with van der Waals surface area (Å²) in [6.07, 6.45) is 1.47. The number of hydrazone groups is 1. The van der Waals surface area contributed by atoms with Crippen molar-refractivity contribution in [3.63, 3.8) is 0 Å². The number of hydrogen-bond donors (Lipinski definition) is 2. The van der Waals surface area contributed by atoms with Crippen LogP contribution in [0.3, 0.4) is 0 Å². The number of rotatable bonds is 6. The van der Waals surface area contributed by atoms with Crippen molar-refractivity contribution in [2.45, 2.75) is 13.8 Å². The fourth-order valence-electron chi connectivity index (χ4n) is 2.06. The van der Waals surface area contributed by atoms with Crippen LogP contribution in [0.15, 0.2) is 35.4 Å². The lowest BCUT2D eigenvalue weighted by atomic mass is 10.1. The van der Waals surface area contributed by atoms with Gasteiger partial charge < -0.3 is 14.6 Å². The molecule has 2 N–H and O–H groups in total. The van der Waals surface area contributed by atoms with E-state index in [1.165, 1.54) is 13.3 Å². The molecule has 6 nitrogen and oxygen atoms in total. The normalized spacial score (nSPS) is 10.7. The predicted molar refractivity (Wildman–Crippen MR) is 105 cm³/mol. The lowest BCUT2D eigenvalue weighted by Crippen LogP contribution is -2.24. The van der Waals surface area contributed by atoms with Gasteiger partial charge in [-0.05, 0) is 71.3 Å². The summed E-state index contributed by atoms with van der Waals surface area (Å²) in [5.41, 5.74) is 5.20. The second-order valence-corrected chi connectivity index (χ2v) is 6.50. The van der Waals surface area contributed by atoms with Crippen LogP contribution in [0.25, 0.3) is 0 Å². The van der Waals surface area contributed by atoms with E-state index in [4.69, 9.17) is 9.47 Å². The number of methoxy groups -OCH3 is 1. The van der Waals surface area contributed by atoms with E-state index in [0.717, 1.165) is 11.1 Å². The molecule has 0 aliphatic carbocycles. The molecule has 0 unspecified atom stereocenters. The van der Waals surface area contributed by atoms with Gasteiger partial charge in [-0.3, -0.25) is 4.79 Å². The summed E-state index contributed by atoms with van der Waals surface area (Å²) in [5.74, 6) is 0.735. The molecule has 0 saturated heterocycles. The van der Waals surface area contributed by atoms with Crippen LogP contribution >= 0.6 is 22.6 Å². The number of phenolic OH excluding ortho intramolecular Hbond substituents is 1. The van der Waals surface area contributed by atoms with E-state index in [1.54, 1.807) is 12.1 Å². The minimum absolute atomic E-state index is 0.0752. The maximum Gasteiger partial charge on any atom is 0.277 e. The van der Waals surface area contributed by atoms with Crippen LogP contribution in [0, 0.1) is 17.4 Å². The summed E-state index contributed by atoms with van der Waals surface area (Å²) in [7, 11) is 1.47. The van der Waals surface area contributed by atoms with Crippen LogP contribution in [0.4, 0.5) is 0 Å². The second kappa shape index (κ2) is 8.70. The Balaban J connectivity index is 1.92. The summed E-state index contributed by atoms with van der Waals surface area (Å²) in [4.78, 5) is 11.8. The number of hydrogen-bond acceptors (Lipinski definition) is 5. The van der Waals surface area contributed by atoms with Gasteiger partial charge in [0, 0.05) is 0 Å². The highest BCUT2D eigenvalue weighted by Crippen LogP contribution is 2.31. The predicted octanol–water partition coefficient (Wildman–Crippen LogP) is 3.15. The van der Waals surface area contributed by atoms with Gasteiger partial charge in [-0.25, -0.2) is 5.43 Å². The Labute approximate surface area is 160 Å². The first-order chi connectivity index (χ1) is 11.9. The molecular formula is C18H19IN2O4. The molecule has 0 aliphatic rings. The molecule has 0 saturated carbocycles. The fraction of sp³-hybridized carbons (Fsp3) is 0.222. The minimum Gasteiger partial charge on any atom is -0.504 e. The van der Waals surface area contributed by atoms with Gasteiger partial charge in [0.05, 0.1) is 16.9 Å². The lowest BCUT2D eigenvalue weighted by Gasteiger charge is -2.09. The van der Waals surface area contributed by atoms with Crippen molar-refractivity contribution >= 4 is 34.7 Å². The average molecular weight is 454 g/mol. The number of phenols is 1. The third-order valence-electron chi connectivity index (χ3n) is 3.59. The molecule has 2 aromatic carbocycles. The van der Waals surface area contributed by atoms with Gasteiger partial charge in [0.2, 0.25) is 0 Å². The topological polar surface area (TPSA) is 80.2 Å². The standard InChI is InChI=1S/C18H19IN2O4/c1-11-5-4-6-15(12(11)2)25-10-17(22)21-20-9-13-7-14(19)18(23)16(8-13)24-3/h4-9,23H,10H2,1-3H3,(H,21,22)/b20-9-. The van der Waals surface area contributed by atoms with E-state index in [2.05, 4.69) is 10.5 Å². The first-order valence-electron chi connectivity index (χ1n) is 7.49. The zero-order valence-corrected chi connectivity index (χ0v) is 16.3. The van der Waals surface area contributed by atoms with E-state index in [1.807, 2.05) is 54.6 Å². The molecule has 0 atom stereocenters. The first kappa shape index (κ1) is 19.0. The number of aryl methyl sites for hydroxylation is 1. The highest BCUT2D eigenvalue weighted by Gasteiger charge is 2.08. The van der Waals surface area contributed by atoms with E-state index >= 15 is 0 Å². The van der Waals surface area contributed by atoms with Gasteiger partial charge in [0.15, 0.2) is 18.1 Å². The molecule has 0 aliphatic heterocycles. The highest BCUT2D eigenvalue weighted by atomic mass is 127. The molecular weight excluding hydrogens is 435 g/mol. The molecule has 25 heavy (non-hydrogen) atoms. The number of nitrogens with one attached hydrogen (secondary N) is 1. The van der Waals surface area contributed by atoms with Gasteiger partial charge in [0.25, 0.3) is 5.91 Å². The number of carbonyl (C=O) groups excluding carboxylic acids is 1. The smallest absolute Gasteiger partial charge is 0.277 e. The molecule has 0 fully saturated rings. The van der Waals surface area contributed by atoms with Crippen molar-refractivity contribution in [1.29, 1.82) is 0 Å².